The fourth-order valence-electron chi connectivity index (χ4n) is 1.62. The van der Waals surface area contributed by atoms with Crippen LogP contribution < -0.4 is 0 Å². The maximum atomic E-state index is 11.6. The topological polar surface area (TPSA) is 53.4 Å². The average molecular weight is 204 g/mol. The summed E-state index contributed by atoms with van der Waals surface area (Å²) >= 11 is 0. The lowest BCUT2D eigenvalue weighted by molar-refractivity contribution is -0.123. The van der Waals surface area contributed by atoms with Crippen molar-refractivity contribution in [2.45, 2.75) is 6.42 Å². The second kappa shape index (κ2) is 3.73. The number of carbonyl (C=O) groups is 1. The second-order valence-corrected chi connectivity index (χ2v) is 3.55. The third-order valence-corrected chi connectivity index (χ3v) is 2.52. The summed E-state index contributed by atoms with van der Waals surface area (Å²) in [5.74, 6) is -0.0474. The zero-order valence-corrected chi connectivity index (χ0v) is 8.47. The lowest BCUT2D eigenvalue weighted by Gasteiger charge is -2.06. The van der Waals surface area contributed by atoms with Gasteiger partial charge in [-0.3, -0.25) is 9.78 Å². The number of nitrogens with zero attached hydrogens (tertiary/aromatic N) is 2. The number of carbonyl (C=O) groups excluding carboxylic acids is 1. The molecule has 0 unspecified atom stereocenters. The molecule has 1 saturated heterocycles. The molecule has 1 aromatic heterocycles. The summed E-state index contributed by atoms with van der Waals surface area (Å²) in [7, 11) is 1.73. The normalized spacial score (nSPS) is 19.5. The van der Waals surface area contributed by atoms with E-state index in [2.05, 4.69) is 4.98 Å². The van der Waals surface area contributed by atoms with Gasteiger partial charge >= 0.3 is 0 Å². The van der Waals surface area contributed by atoms with Gasteiger partial charge in [-0.1, -0.05) is 0 Å². The first-order valence-electron chi connectivity index (χ1n) is 4.78. The number of hydrogen-bond donors (Lipinski definition) is 1. The van der Waals surface area contributed by atoms with Gasteiger partial charge in [0.25, 0.3) is 5.91 Å². The molecule has 2 heterocycles. The highest BCUT2D eigenvalue weighted by Gasteiger charge is 2.26. The average Bonchev–Trinajstić information content (AvgIpc) is 2.60. The Morgan fingerprint density at radius 3 is 2.93 bits per heavy atom. The monoisotopic (exact) mass is 204 g/mol. The highest BCUT2D eigenvalue weighted by Crippen LogP contribution is 2.23. The third kappa shape index (κ3) is 1.70. The molecule has 1 amide bonds. The molecule has 0 atom stereocenters. The quantitative estimate of drug-likeness (QED) is 0.552. The van der Waals surface area contributed by atoms with Crippen LogP contribution in [0.5, 0.6) is 0 Å². The lowest BCUT2D eigenvalue weighted by Crippen LogP contribution is -2.19. The van der Waals surface area contributed by atoms with Crippen molar-refractivity contribution < 1.29 is 9.90 Å². The van der Waals surface area contributed by atoms with E-state index in [1.165, 1.54) is 0 Å². The molecule has 4 heteroatoms. The molecule has 0 aliphatic carbocycles. The van der Waals surface area contributed by atoms with E-state index in [1.54, 1.807) is 36.5 Å². The van der Waals surface area contributed by atoms with Gasteiger partial charge in [-0.2, -0.15) is 0 Å². The van der Waals surface area contributed by atoms with Gasteiger partial charge in [0.2, 0.25) is 0 Å². The maximum Gasteiger partial charge on any atom is 0.253 e. The number of amides is 1. The van der Waals surface area contributed by atoms with Crippen LogP contribution in [0, 0.1) is 0 Å². The zero-order chi connectivity index (χ0) is 10.8. The Hall–Kier alpha value is -1.84. The summed E-state index contributed by atoms with van der Waals surface area (Å²) in [5.41, 5.74) is 1.07. The van der Waals surface area contributed by atoms with Crippen LogP contribution in [0.2, 0.25) is 0 Å². The number of aromatic nitrogens is 1. The van der Waals surface area contributed by atoms with Gasteiger partial charge in [0.05, 0.1) is 5.57 Å². The minimum atomic E-state index is -0.101. The summed E-state index contributed by atoms with van der Waals surface area (Å²) in [6.07, 6.45) is 3.77. The Morgan fingerprint density at radius 2 is 2.40 bits per heavy atom. The van der Waals surface area contributed by atoms with E-state index in [9.17, 15) is 9.90 Å². The predicted octanol–water partition coefficient (Wildman–Crippen LogP) is 1.21. The molecular formula is C11H12N2O2. The van der Waals surface area contributed by atoms with E-state index in [0.717, 1.165) is 0 Å². The van der Waals surface area contributed by atoms with Crippen LogP contribution in [0.15, 0.2) is 30.1 Å². The molecule has 1 fully saturated rings. The molecule has 2 rings (SSSR count). The molecular weight excluding hydrogens is 192 g/mol. The number of rotatable bonds is 1. The fourth-order valence-corrected chi connectivity index (χ4v) is 1.62. The van der Waals surface area contributed by atoms with Crippen LogP contribution in [0.1, 0.15) is 12.0 Å². The van der Waals surface area contributed by atoms with Crippen LogP contribution in [0.4, 0.5) is 0 Å². The van der Waals surface area contributed by atoms with Crippen molar-refractivity contribution in [1.82, 2.24) is 9.88 Å². The van der Waals surface area contributed by atoms with E-state index >= 15 is 0 Å². The highest BCUT2D eigenvalue weighted by atomic mass is 16.3. The van der Waals surface area contributed by atoms with Crippen LogP contribution in [0.25, 0.3) is 5.76 Å². The van der Waals surface area contributed by atoms with Crippen molar-refractivity contribution in [3.8, 4) is 0 Å². The molecule has 0 spiro atoms. The van der Waals surface area contributed by atoms with Crippen molar-refractivity contribution >= 4 is 11.7 Å². The Morgan fingerprint density at radius 1 is 1.60 bits per heavy atom. The van der Waals surface area contributed by atoms with Gasteiger partial charge in [-0.15, -0.1) is 0 Å². The SMILES string of the molecule is CN1CC/C(=C(/O)c2cccnc2)C1=O. The van der Waals surface area contributed by atoms with Crippen LogP contribution in [-0.4, -0.2) is 34.5 Å². The third-order valence-electron chi connectivity index (χ3n) is 2.52. The molecule has 78 valence electrons. The van der Waals surface area contributed by atoms with Crippen molar-refractivity contribution in [2.75, 3.05) is 13.6 Å². The number of aliphatic hydroxyl groups excluding tert-OH is 1. The van der Waals surface area contributed by atoms with Crippen molar-refractivity contribution in [3.05, 3.63) is 35.7 Å². The largest absolute Gasteiger partial charge is 0.507 e. The minimum Gasteiger partial charge on any atom is -0.507 e. The first-order chi connectivity index (χ1) is 7.20. The van der Waals surface area contributed by atoms with Gasteiger partial charge in [0.15, 0.2) is 0 Å². The fraction of sp³-hybridized carbons (Fsp3) is 0.273. The predicted molar refractivity (Wildman–Crippen MR) is 56.0 cm³/mol. The molecule has 1 N–H and O–H groups in total. The van der Waals surface area contributed by atoms with Gasteiger partial charge < -0.3 is 10.0 Å². The summed E-state index contributed by atoms with van der Waals surface area (Å²) in [6.45, 7) is 0.665. The Kier molecular flexibility index (Phi) is 2.41. The standard InChI is InChI=1S/C11H12N2O2/c1-13-6-4-9(11(13)15)10(14)8-3-2-5-12-7-8/h2-3,5,7,14H,4,6H2,1H3/b10-9-. The number of aliphatic hydroxyl groups is 1. The number of pyridine rings is 1. The summed E-state index contributed by atoms with van der Waals surface area (Å²) in [4.78, 5) is 17.1. The second-order valence-electron chi connectivity index (χ2n) is 3.55. The summed E-state index contributed by atoms with van der Waals surface area (Å²) < 4.78 is 0. The van der Waals surface area contributed by atoms with Crippen LogP contribution in [-0.2, 0) is 4.79 Å². The molecule has 15 heavy (non-hydrogen) atoms. The molecule has 0 radical (unpaired) electrons. The van der Waals surface area contributed by atoms with Gasteiger partial charge in [-0.05, 0) is 18.6 Å². The van der Waals surface area contributed by atoms with Crippen molar-refractivity contribution in [2.24, 2.45) is 0 Å². The van der Waals surface area contributed by atoms with E-state index in [-0.39, 0.29) is 11.7 Å². The zero-order valence-electron chi connectivity index (χ0n) is 8.47. The maximum absolute atomic E-state index is 11.6. The molecule has 1 aromatic rings. The van der Waals surface area contributed by atoms with E-state index in [4.69, 9.17) is 0 Å². The Balaban J connectivity index is 2.39. The number of hydrogen-bond acceptors (Lipinski definition) is 3. The van der Waals surface area contributed by atoms with E-state index in [0.29, 0.717) is 24.1 Å². The Bertz CT molecular complexity index is 412. The van der Waals surface area contributed by atoms with Gasteiger partial charge in [0.1, 0.15) is 5.76 Å². The van der Waals surface area contributed by atoms with Gasteiger partial charge in [-0.25, -0.2) is 0 Å². The molecule has 1 aliphatic rings. The van der Waals surface area contributed by atoms with Crippen molar-refractivity contribution in [1.29, 1.82) is 0 Å². The molecule has 0 aromatic carbocycles. The summed E-state index contributed by atoms with van der Waals surface area (Å²) in [5, 5.41) is 9.90. The molecule has 0 bridgehead atoms. The Labute approximate surface area is 87.9 Å². The molecule has 4 nitrogen and oxygen atoms in total. The van der Waals surface area contributed by atoms with E-state index in [1.807, 2.05) is 0 Å². The van der Waals surface area contributed by atoms with Crippen molar-refractivity contribution in [3.63, 3.8) is 0 Å². The first-order valence-corrected chi connectivity index (χ1v) is 4.78. The lowest BCUT2D eigenvalue weighted by atomic mass is 10.1. The van der Waals surface area contributed by atoms with Crippen LogP contribution in [0.3, 0.4) is 0 Å². The van der Waals surface area contributed by atoms with Crippen LogP contribution >= 0.6 is 0 Å². The first kappa shape index (κ1) is 9.71. The number of likely N-dealkylation sites (tertiary alicyclic amines) is 1. The molecule has 1 aliphatic heterocycles. The minimum absolute atomic E-state index is 0.0532. The number of likely N-dealkylation sites (N-methyl/N-ethyl adjacent to an activating group) is 1. The smallest absolute Gasteiger partial charge is 0.253 e. The molecule has 0 saturated carbocycles. The van der Waals surface area contributed by atoms with E-state index < -0.39 is 0 Å². The summed E-state index contributed by atoms with van der Waals surface area (Å²) in [6, 6.07) is 3.47. The van der Waals surface area contributed by atoms with Gasteiger partial charge in [0, 0.05) is 31.5 Å². The highest BCUT2D eigenvalue weighted by molar-refractivity contribution is 6.01.